The molecule has 1 aliphatic carbocycles. The van der Waals surface area contributed by atoms with Crippen LogP contribution < -0.4 is 5.32 Å². The maximum absolute atomic E-state index is 12.3. The van der Waals surface area contributed by atoms with Gasteiger partial charge in [0.1, 0.15) is 0 Å². The summed E-state index contributed by atoms with van der Waals surface area (Å²) < 4.78 is 0. The molecule has 5 nitrogen and oxygen atoms in total. The molecule has 1 saturated carbocycles. The summed E-state index contributed by atoms with van der Waals surface area (Å²) >= 11 is 0. The van der Waals surface area contributed by atoms with E-state index in [1.54, 1.807) is 0 Å². The summed E-state index contributed by atoms with van der Waals surface area (Å²) in [6, 6.07) is 0.742. The largest absolute Gasteiger partial charge is 0.481 e. The molecule has 1 saturated heterocycles. The minimum Gasteiger partial charge on any atom is -0.481 e. The summed E-state index contributed by atoms with van der Waals surface area (Å²) in [5.74, 6) is -1.14. The van der Waals surface area contributed by atoms with Gasteiger partial charge in [-0.15, -0.1) is 0 Å². The number of hydrogen-bond acceptors (Lipinski definition) is 3. The fourth-order valence-electron chi connectivity index (χ4n) is 3.39. The molecular weight excluding hydrogens is 256 g/mol. The lowest BCUT2D eigenvalue weighted by molar-refractivity contribution is -0.144. The van der Waals surface area contributed by atoms with E-state index in [-0.39, 0.29) is 23.8 Å². The number of amides is 1. The number of nitrogens with zero attached hydrogens (tertiary/aromatic N) is 1. The molecule has 1 amide bonds. The van der Waals surface area contributed by atoms with Gasteiger partial charge in [-0.05, 0) is 46.1 Å². The fraction of sp³-hybridized carbons (Fsp3) is 0.867. The standard InChI is InChI=1S/C15H26N2O3/c1-10-8-13(6-7-17(10)2)16-14(18)11-4-3-5-12(9-11)15(19)20/h10-13H,3-9H2,1-2H3,(H,16,18)(H,19,20). The lowest BCUT2D eigenvalue weighted by Gasteiger charge is -2.36. The predicted molar refractivity (Wildman–Crippen MR) is 76.3 cm³/mol. The first-order chi connectivity index (χ1) is 9.47. The zero-order valence-corrected chi connectivity index (χ0v) is 12.5. The van der Waals surface area contributed by atoms with Crippen LogP contribution in [0.15, 0.2) is 0 Å². The van der Waals surface area contributed by atoms with E-state index < -0.39 is 5.97 Å². The third kappa shape index (κ3) is 3.72. The van der Waals surface area contributed by atoms with Crippen LogP contribution in [0.25, 0.3) is 0 Å². The molecule has 2 rings (SSSR count). The second kappa shape index (κ2) is 6.57. The highest BCUT2D eigenvalue weighted by molar-refractivity contribution is 5.80. The molecule has 0 aromatic rings. The van der Waals surface area contributed by atoms with Gasteiger partial charge in [-0.1, -0.05) is 6.42 Å². The molecule has 2 N–H and O–H groups in total. The first kappa shape index (κ1) is 15.3. The molecule has 2 aliphatic rings. The molecule has 4 unspecified atom stereocenters. The molecule has 5 heteroatoms. The quantitative estimate of drug-likeness (QED) is 0.822. The molecule has 114 valence electrons. The van der Waals surface area contributed by atoms with Gasteiger partial charge in [0.2, 0.25) is 5.91 Å². The molecule has 20 heavy (non-hydrogen) atoms. The van der Waals surface area contributed by atoms with E-state index >= 15 is 0 Å². The molecule has 0 radical (unpaired) electrons. The number of nitrogens with one attached hydrogen (secondary N) is 1. The number of carboxylic acid groups (broad SMARTS) is 1. The Kier molecular flexibility index (Phi) is 5.02. The molecule has 0 bridgehead atoms. The summed E-state index contributed by atoms with van der Waals surface area (Å²) in [7, 11) is 2.11. The van der Waals surface area contributed by atoms with Crippen LogP contribution in [0.4, 0.5) is 0 Å². The van der Waals surface area contributed by atoms with Gasteiger partial charge in [0.25, 0.3) is 0 Å². The smallest absolute Gasteiger partial charge is 0.306 e. The molecular formula is C15H26N2O3. The summed E-state index contributed by atoms with van der Waals surface area (Å²) in [4.78, 5) is 25.7. The van der Waals surface area contributed by atoms with Crippen molar-refractivity contribution in [1.29, 1.82) is 0 Å². The van der Waals surface area contributed by atoms with Crippen molar-refractivity contribution in [3.63, 3.8) is 0 Å². The van der Waals surface area contributed by atoms with Crippen molar-refractivity contribution in [1.82, 2.24) is 10.2 Å². The van der Waals surface area contributed by atoms with E-state index in [0.717, 1.165) is 32.2 Å². The Bertz CT molecular complexity index is 372. The monoisotopic (exact) mass is 282 g/mol. The van der Waals surface area contributed by atoms with E-state index in [4.69, 9.17) is 5.11 Å². The van der Waals surface area contributed by atoms with Gasteiger partial charge in [-0.25, -0.2) is 0 Å². The van der Waals surface area contributed by atoms with Crippen LogP contribution in [-0.2, 0) is 9.59 Å². The fourth-order valence-corrected chi connectivity index (χ4v) is 3.39. The highest BCUT2D eigenvalue weighted by Crippen LogP contribution is 2.29. The van der Waals surface area contributed by atoms with E-state index in [0.29, 0.717) is 18.9 Å². The third-order valence-electron chi connectivity index (χ3n) is 4.95. The number of carbonyl (C=O) groups excluding carboxylic acids is 1. The first-order valence-electron chi connectivity index (χ1n) is 7.70. The lowest BCUT2D eigenvalue weighted by Crippen LogP contribution is -2.49. The van der Waals surface area contributed by atoms with E-state index in [2.05, 4.69) is 24.2 Å². The van der Waals surface area contributed by atoms with Gasteiger partial charge < -0.3 is 15.3 Å². The van der Waals surface area contributed by atoms with Gasteiger partial charge in [0.05, 0.1) is 5.92 Å². The first-order valence-corrected chi connectivity index (χ1v) is 7.70. The Labute approximate surface area is 120 Å². The van der Waals surface area contributed by atoms with E-state index in [1.807, 2.05) is 0 Å². The summed E-state index contributed by atoms with van der Waals surface area (Å²) in [5.41, 5.74) is 0. The van der Waals surface area contributed by atoms with Crippen molar-refractivity contribution in [2.24, 2.45) is 11.8 Å². The summed E-state index contributed by atoms with van der Waals surface area (Å²) in [5, 5.41) is 12.2. The zero-order chi connectivity index (χ0) is 14.7. The summed E-state index contributed by atoms with van der Waals surface area (Å²) in [6.07, 6.45) is 4.86. The minimum absolute atomic E-state index is 0.0673. The maximum atomic E-state index is 12.3. The Morgan fingerprint density at radius 3 is 2.50 bits per heavy atom. The number of carboxylic acids is 1. The molecule has 0 spiro atoms. The maximum Gasteiger partial charge on any atom is 0.306 e. The van der Waals surface area contributed by atoms with Crippen LogP contribution in [0, 0.1) is 11.8 Å². The van der Waals surface area contributed by atoms with Crippen molar-refractivity contribution < 1.29 is 14.7 Å². The number of carbonyl (C=O) groups is 2. The van der Waals surface area contributed by atoms with Crippen LogP contribution in [-0.4, -0.2) is 47.6 Å². The number of likely N-dealkylation sites (tertiary alicyclic amines) is 1. The number of aliphatic carboxylic acids is 1. The SMILES string of the molecule is CC1CC(NC(=O)C2CCCC(C(=O)O)C2)CCN1C. The number of piperidine rings is 1. The highest BCUT2D eigenvalue weighted by atomic mass is 16.4. The zero-order valence-electron chi connectivity index (χ0n) is 12.5. The normalized spacial score (nSPS) is 35.5. The average molecular weight is 282 g/mol. The Morgan fingerprint density at radius 2 is 1.85 bits per heavy atom. The number of rotatable bonds is 3. The molecule has 0 aromatic carbocycles. The minimum atomic E-state index is -0.754. The Hall–Kier alpha value is -1.10. The van der Waals surface area contributed by atoms with Crippen molar-refractivity contribution in [3.05, 3.63) is 0 Å². The van der Waals surface area contributed by atoms with Gasteiger partial charge in [-0.2, -0.15) is 0 Å². The molecule has 4 atom stereocenters. The molecule has 1 aliphatic heterocycles. The third-order valence-corrected chi connectivity index (χ3v) is 4.95. The van der Waals surface area contributed by atoms with Crippen LogP contribution in [0.3, 0.4) is 0 Å². The van der Waals surface area contributed by atoms with Crippen molar-refractivity contribution in [2.45, 2.75) is 57.5 Å². The van der Waals surface area contributed by atoms with Gasteiger partial charge >= 0.3 is 5.97 Å². The van der Waals surface area contributed by atoms with Crippen LogP contribution >= 0.6 is 0 Å². The van der Waals surface area contributed by atoms with Crippen molar-refractivity contribution >= 4 is 11.9 Å². The van der Waals surface area contributed by atoms with Gasteiger partial charge in [0, 0.05) is 24.5 Å². The van der Waals surface area contributed by atoms with Crippen LogP contribution in [0.5, 0.6) is 0 Å². The second-order valence-electron chi connectivity index (χ2n) is 6.46. The van der Waals surface area contributed by atoms with Gasteiger partial charge in [-0.3, -0.25) is 9.59 Å². The van der Waals surface area contributed by atoms with Crippen LogP contribution in [0.1, 0.15) is 45.4 Å². The Morgan fingerprint density at radius 1 is 1.15 bits per heavy atom. The highest BCUT2D eigenvalue weighted by Gasteiger charge is 2.32. The average Bonchev–Trinajstić information content (AvgIpc) is 2.43. The molecule has 1 heterocycles. The molecule has 2 fully saturated rings. The molecule has 0 aromatic heterocycles. The van der Waals surface area contributed by atoms with E-state index in [9.17, 15) is 9.59 Å². The topological polar surface area (TPSA) is 69.6 Å². The van der Waals surface area contributed by atoms with E-state index in [1.165, 1.54) is 0 Å². The predicted octanol–water partition coefficient (Wildman–Crippen LogP) is 1.48. The number of hydrogen-bond donors (Lipinski definition) is 2. The Balaban J connectivity index is 1.84. The summed E-state index contributed by atoms with van der Waals surface area (Å²) in [6.45, 7) is 3.19. The lowest BCUT2D eigenvalue weighted by atomic mass is 9.80. The van der Waals surface area contributed by atoms with Crippen molar-refractivity contribution in [3.8, 4) is 0 Å². The van der Waals surface area contributed by atoms with Crippen molar-refractivity contribution in [2.75, 3.05) is 13.6 Å². The van der Waals surface area contributed by atoms with Crippen LogP contribution in [0.2, 0.25) is 0 Å². The second-order valence-corrected chi connectivity index (χ2v) is 6.46. The van der Waals surface area contributed by atoms with Gasteiger partial charge in [0.15, 0.2) is 0 Å².